The molecule has 2 aliphatic carbocycles. The standard InChI is InChI=1S/C15H26N2O2.ClH/c1-19-3-2-16-9-15(18)17-10-13-5-11-4-12(6-13)8-14(17)7-11;/h11-14,16H,2-10H2,1H3;1H. The van der Waals surface area contributed by atoms with Crippen molar-refractivity contribution in [3.05, 3.63) is 0 Å². The first-order valence-electron chi connectivity index (χ1n) is 7.75. The molecule has 2 saturated heterocycles. The average Bonchev–Trinajstić information content (AvgIpc) is 2.58. The van der Waals surface area contributed by atoms with Crippen molar-refractivity contribution in [2.45, 2.75) is 38.1 Å². The Bertz CT molecular complexity index is 326. The maximum atomic E-state index is 12.4. The Morgan fingerprint density at radius 3 is 2.45 bits per heavy atom. The van der Waals surface area contributed by atoms with Crippen LogP contribution in [0.2, 0.25) is 0 Å². The lowest BCUT2D eigenvalue weighted by Gasteiger charge is -2.39. The highest BCUT2D eigenvalue weighted by Gasteiger charge is 2.43. The van der Waals surface area contributed by atoms with Gasteiger partial charge in [-0.2, -0.15) is 0 Å². The third-order valence-corrected chi connectivity index (χ3v) is 5.19. The second kappa shape index (κ2) is 7.10. The molecule has 4 rings (SSSR count). The molecule has 116 valence electrons. The molecule has 4 fully saturated rings. The summed E-state index contributed by atoms with van der Waals surface area (Å²) < 4.78 is 4.99. The van der Waals surface area contributed by atoms with Crippen LogP contribution in [-0.4, -0.2) is 50.2 Å². The molecule has 0 aromatic rings. The SMILES string of the molecule is COCCNCC(=O)N1CC2CC3CC(C2)CC1C3.Cl. The molecule has 2 unspecified atom stereocenters. The summed E-state index contributed by atoms with van der Waals surface area (Å²) in [7, 11) is 1.69. The number of fused-ring (bicyclic) bond motifs is 1. The summed E-state index contributed by atoms with van der Waals surface area (Å²) in [5.41, 5.74) is 0. The average molecular weight is 303 g/mol. The van der Waals surface area contributed by atoms with Gasteiger partial charge in [-0.15, -0.1) is 12.4 Å². The van der Waals surface area contributed by atoms with Crippen molar-refractivity contribution >= 4 is 18.3 Å². The van der Waals surface area contributed by atoms with Gasteiger partial charge in [-0.3, -0.25) is 4.79 Å². The van der Waals surface area contributed by atoms with Gasteiger partial charge < -0.3 is 15.0 Å². The summed E-state index contributed by atoms with van der Waals surface area (Å²) >= 11 is 0. The monoisotopic (exact) mass is 302 g/mol. The lowest BCUT2D eigenvalue weighted by Crippen LogP contribution is -2.46. The summed E-state index contributed by atoms with van der Waals surface area (Å²) in [6, 6.07) is 0.535. The van der Waals surface area contributed by atoms with Crippen molar-refractivity contribution in [2.24, 2.45) is 17.8 Å². The number of ether oxygens (including phenoxy) is 1. The van der Waals surface area contributed by atoms with Gasteiger partial charge in [-0.25, -0.2) is 0 Å². The van der Waals surface area contributed by atoms with Crippen LogP contribution in [0.4, 0.5) is 0 Å². The Morgan fingerprint density at radius 1 is 1.15 bits per heavy atom. The van der Waals surface area contributed by atoms with Crippen molar-refractivity contribution in [3.63, 3.8) is 0 Å². The number of carbonyl (C=O) groups is 1. The minimum atomic E-state index is 0. The van der Waals surface area contributed by atoms with E-state index in [-0.39, 0.29) is 12.4 Å². The van der Waals surface area contributed by atoms with E-state index in [2.05, 4.69) is 10.2 Å². The van der Waals surface area contributed by atoms with E-state index < -0.39 is 0 Å². The van der Waals surface area contributed by atoms with Crippen LogP contribution in [0.1, 0.15) is 32.1 Å². The number of nitrogens with one attached hydrogen (secondary N) is 1. The van der Waals surface area contributed by atoms with Crippen LogP contribution >= 0.6 is 12.4 Å². The maximum Gasteiger partial charge on any atom is 0.236 e. The third-order valence-electron chi connectivity index (χ3n) is 5.19. The molecule has 1 N–H and O–H groups in total. The predicted molar refractivity (Wildman–Crippen MR) is 81.0 cm³/mol. The Hall–Kier alpha value is -0.320. The second-order valence-electron chi connectivity index (χ2n) is 6.65. The highest BCUT2D eigenvalue weighted by atomic mass is 35.5. The van der Waals surface area contributed by atoms with E-state index in [0.29, 0.717) is 25.1 Å². The van der Waals surface area contributed by atoms with Gasteiger partial charge in [0.2, 0.25) is 5.91 Å². The van der Waals surface area contributed by atoms with Crippen LogP contribution in [0.25, 0.3) is 0 Å². The van der Waals surface area contributed by atoms with E-state index in [1.54, 1.807) is 7.11 Å². The van der Waals surface area contributed by atoms with E-state index in [1.165, 1.54) is 32.1 Å². The Morgan fingerprint density at radius 2 is 1.80 bits per heavy atom. The fourth-order valence-electron chi connectivity index (χ4n) is 4.56. The normalized spacial score (nSPS) is 34.8. The lowest BCUT2D eigenvalue weighted by atomic mass is 9.68. The van der Waals surface area contributed by atoms with Crippen LogP contribution < -0.4 is 5.32 Å². The summed E-state index contributed by atoms with van der Waals surface area (Å²) in [5, 5.41) is 3.19. The van der Waals surface area contributed by atoms with E-state index in [4.69, 9.17) is 4.74 Å². The van der Waals surface area contributed by atoms with E-state index in [1.807, 2.05) is 0 Å². The summed E-state index contributed by atoms with van der Waals surface area (Å²) in [4.78, 5) is 14.6. The summed E-state index contributed by atoms with van der Waals surface area (Å²) in [6.07, 6.45) is 6.69. The van der Waals surface area contributed by atoms with Crippen LogP contribution in [0.15, 0.2) is 0 Å². The largest absolute Gasteiger partial charge is 0.383 e. The molecule has 20 heavy (non-hydrogen) atoms. The first-order chi connectivity index (χ1) is 9.26. The van der Waals surface area contributed by atoms with Crippen molar-refractivity contribution < 1.29 is 9.53 Å². The molecule has 0 aromatic carbocycles. The van der Waals surface area contributed by atoms with E-state index in [0.717, 1.165) is 30.8 Å². The first kappa shape index (κ1) is 16.1. The fraction of sp³-hybridized carbons (Fsp3) is 0.933. The van der Waals surface area contributed by atoms with Crippen molar-refractivity contribution in [2.75, 3.05) is 33.4 Å². The number of halogens is 1. The Balaban J connectivity index is 0.00000147. The molecule has 0 radical (unpaired) electrons. The van der Waals surface area contributed by atoms with Crippen LogP contribution in [0.5, 0.6) is 0 Å². The van der Waals surface area contributed by atoms with Gasteiger partial charge in [0.25, 0.3) is 0 Å². The Kier molecular flexibility index (Phi) is 5.70. The number of amides is 1. The van der Waals surface area contributed by atoms with Gasteiger partial charge in [-0.1, -0.05) is 0 Å². The molecule has 2 atom stereocenters. The van der Waals surface area contributed by atoms with Gasteiger partial charge in [0.05, 0.1) is 13.2 Å². The van der Waals surface area contributed by atoms with Gasteiger partial charge in [-0.05, 0) is 49.9 Å². The molecular formula is C15H27ClN2O2. The highest BCUT2D eigenvalue weighted by Crippen LogP contribution is 2.47. The summed E-state index contributed by atoms with van der Waals surface area (Å²) in [5.74, 6) is 2.89. The zero-order valence-electron chi connectivity index (χ0n) is 12.3. The number of hydrogen-bond donors (Lipinski definition) is 1. The molecule has 1 amide bonds. The number of nitrogens with zero attached hydrogens (tertiary/aromatic N) is 1. The molecule has 2 heterocycles. The summed E-state index contributed by atoms with van der Waals surface area (Å²) in [6.45, 7) is 2.92. The maximum absolute atomic E-state index is 12.4. The van der Waals surface area contributed by atoms with E-state index >= 15 is 0 Å². The smallest absolute Gasteiger partial charge is 0.236 e. The molecule has 2 saturated carbocycles. The Labute approximate surface area is 128 Å². The second-order valence-corrected chi connectivity index (χ2v) is 6.65. The minimum Gasteiger partial charge on any atom is -0.383 e. The lowest BCUT2D eigenvalue weighted by molar-refractivity contribution is -0.133. The minimum absolute atomic E-state index is 0. The predicted octanol–water partition coefficient (Wildman–Crippen LogP) is 1.68. The van der Waals surface area contributed by atoms with Gasteiger partial charge in [0.15, 0.2) is 0 Å². The molecule has 5 heteroatoms. The van der Waals surface area contributed by atoms with Gasteiger partial charge in [0, 0.05) is 26.2 Å². The number of rotatable bonds is 5. The first-order valence-corrected chi connectivity index (χ1v) is 7.75. The number of methoxy groups -OCH3 is 1. The molecule has 0 spiro atoms. The number of carbonyl (C=O) groups excluding carboxylic acids is 1. The fourth-order valence-corrected chi connectivity index (χ4v) is 4.56. The molecular weight excluding hydrogens is 276 g/mol. The third kappa shape index (κ3) is 3.46. The van der Waals surface area contributed by atoms with Crippen LogP contribution in [0.3, 0.4) is 0 Å². The van der Waals surface area contributed by atoms with Crippen molar-refractivity contribution in [1.82, 2.24) is 10.2 Å². The zero-order chi connectivity index (χ0) is 13.2. The molecule has 0 aromatic heterocycles. The molecule has 4 aliphatic rings. The van der Waals surface area contributed by atoms with E-state index in [9.17, 15) is 4.79 Å². The van der Waals surface area contributed by atoms with Gasteiger partial charge >= 0.3 is 0 Å². The molecule has 4 nitrogen and oxygen atoms in total. The quantitative estimate of drug-likeness (QED) is 0.786. The van der Waals surface area contributed by atoms with Crippen molar-refractivity contribution in [1.29, 1.82) is 0 Å². The highest BCUT2D eigenvalue weighted by molar-refractivity contribution is 5.85. The van der Waals surface area contributed by atoms with Crippen molar-refractivity contribution in [3.8, 4) is 0 Å². The van der Waals surface area contributed by atoms with Crippen LogP contribution in [-0.2, 0) is 9.53 Å². The molecule has 4 bridgehead atoms. The van der Waals surface area contributed by atoms with Crippen LogP contribution in [0, 0.1) is 17.8 Å². The zero-order valence-corrected chi connectivity index (χ0v) is 13.2. The number of hydrogen-bond acceptors (Lipinski definition) is 3. The van der Waals surface area contributed by atoms with Gasteiger partial charge in [0.1, 0.15) is 0 Å². The molecule has 2 aliphatic heterocycles. The topological polar surface area (TPSA) is 41.6 Å².